The number of nitrogens with one attached hydrogen (secondary N) is 1. The fourth-order valence-electron chi connectivity index (χ4n) is 1.68. The summed E-state index contributed by atoms with van der Waals surface area (Å²) < 4.78 is 13.6. The van der Waals surface area contributed by atoms with E-state index in [1.165, 1.54) is 6.07 Å². The van der Waals surface area contributed by atoms with Gasteiger partial charge in [0.2, 0.25) is 0 Å². The zero-order chi connectivity index (χ0) is 12.1. The van der Waals surface area contributed by atoms with E-state index in [1.54, 1.807) is 18.5 Å². The Labute approximate surface area is 101 Å². The minimum atomic E-state index is -0.168. The molecule has 1 heterocycles. The SMILES string of the molecule is CCNCc1cc(-c2cccnc2)ccc1F. The Hall–Kier alpha value is -1.74. The first-order valence-corrected chi connectivity index (χ1v) is 5.71. The van der Waals surface area contributed by atoms with E-state index in [4.69, 9.17) is 0 Å². The van der Waals surface area contributed by atoms with Crippen molar-refractivity contribution in [3.8, 4) is 11.1 Å². The van der Waals surface area contributed by atoms with Gasteiger partial charge in [-0.1, -0.05) is 19.1 Å². The van der Waals surface area contributed by atoms with Gasteiger partial charge in [0.25, 0.3) is 0 Å². The van der Waals surface area contributed by atoms with Crippen LogP contribution in [0.5, 0.6) is 0 Å². The summed E-state index contributed by atoms with van der Waals surface area (Å²) >= 11 is 0. The number of nitrogens with zero attached hydrogens (tertiary/aromatic N) is 1. The Bertz CT molecular complexity index is 483. The minimum Gasteiger partial charge on any atom is -0.313 e. The second-order valence-corrected chi connectivity index (χ2v) is 3.83. The van der Waals surface area contributed by atoms with Crippen molar-refractivity contribution in [1.29, 1.82) is 0 Å². The van der Waals surface area contributed by atoms with E-state index in [9.17, 15) is 4.39 Å². The third kappa shape index (κ3) is 2.88. The molecular formula is C14H15FN2. The van der Waals surface area contributed by atoms with Gasteiger partial charge in [-0.05, 0) is 30.3 Å². The summed E-state index contributed by atoms with van der Waals surface area (Å²) in [7, 11) is 0. The zero-order valence-corrected chi connectivity index (χ0v) is 9.78. The first-order chi connectivity index (χ1) is 8.31. The standard InChI is InChI=1S/C14H15FN2/c1-2-16-10-13-8-11(5-6-14(13)15)12-4-3-7-17-9-12/h3-9,16H,2,10H2,1H3. The monoisotopic (exact) mass is 230 g/mol. The maximum Gasteiger partial charge on any atom is 0.127 e. The molecule has 0 unspecified atom stereocenters. The summed E-state index contributed by atoms with van der Waals surface area (Å²) in [6, 6.07) is 9.01. The molecule has 17 heavy (non-hydrogen) atoms. The van der Waals surface area contributed by atoms with E-state index in [2.05, 4.69) is 10.3 Å². The van der Waals surface area contributed by atoms with E-state index in [1.807, 2.05) is 25.1 Å². The molecule has 88 valence electrons. The molecule has 2 rings (SSSR count). The van der Waals surface area contributed by atoms with Crippen LogP contribution in [0, 0.1) is 5.82 Å². The predicted molar refractivity (Wildman–Crippen MR) is 67.0 cm³/mol. The summed E-state index contributed by atoms with van der Waals surface area (Å²) in [6.45, 7) is 3.38. The van der Waals surface area contributed by atoms with Gasteiger partial charge in [0.1, 0.15) is 5.82 Å². The Kier molecular flexibility index (Phi) is 3.83. The molecule has 0 aliphatic heterocycles. The summed E-state index contributed by atoms with van der Waals surface area (Å²) in [5.74, 6) is -0.168. The van der Waals surface area contributed by atoms with Crippen molar-refractivity contribution in [2.24, 2.45) is 0 Å². The molecule has 0 aliphatic rings. The second kappa shape index (κ2) is 5.55. The summed E-state index contributed by atoms with van der Waals surface area (Å²) in [4.78, 5) is 4.07. The van der Waals surface area contributed by atoms with Crippen LogP contribution in [0.1, 0.15) is 12.5 Å². The van der Waals surface area contributed by atoms with Gasteiger partial charge >= 0.3 is 0 Å². The Balaban J connectivity index is 2.31. The van der Waals surface area contributed by atoms with Gasteiger partial charge in [-0.3, -0.25) is 4.98 Å². The average molecular weight is 230 g/mol. The largest absolute Gasteiger partial charge is 0.313 e. The summed E-state index contributed by atoms with van der Waals surface area (Å²) in [5, 5.41) is 3.13. The lowest BCUT2D eigenvalue weighted by molar-refractivity contribution is 0.593. The molecule has 0 atom stereocenters. The molecule has 2 aromatic rings. The van der Waals surface area contributed by atoms with Gasteiger partial charge < -0.3 is 5.32 Å². The molecule has 0 radical (unpaired) electrons. The number of pyridine rings is 1. The number of halogens is 1. The van der Waals surface area contributed by atoms with Crippen molar-refractivity contribution in [3.63, 3.8) is 0 Å². The number of rotatable bonds is 4. The van der Waals surface area contributed by atoms with E-state index in [0.29, 0.717) is 12.1 Å². The molecule has 3 heteroatoms. The fourth-order valence-corrected chi connectivity index (χ4v) is 1.68. The molecule has 0 fully saturated rings. The molecule has 2 nitrogen and oxygen atoms in total. The van der Waals surface area contributed by atoms with Crippen LogP contribution in [0.3, 0.4) is 0 Å². The smallest absolute Gasteiger partial charge is 0.127 e. The molecule has 0 saturated carbocycles. The Morgan fingerprint density at radius 2 is 2.12 bits per heavy atom. The molecular weight excluding hydrogens is 215 g/mol. The topological polar surface area (TPSA) is 24.9 Å². The molecule has 1 aromatic carbocycles. The van der Waals surface area contributed by atoms with Gasteiger partial charge in [-0.25, -0.2) is 4.39 Å². The van der Waals surface area contributed by atoms with Crippen LogP contribution in [-0.2, 0) is 6.54 Å². The highest BCUT2D eigenvalue weighted by Gasteiger charge is 2.04. The molecule has 0 aliphatic carbocycles. The first kappa shape index (κ1) is 11.7. The number of benzene rings is 1. The average Bonchev–Trinajstić information content (AvgIpc) is 2.39. The highest BCUT2D eigenvalue weighted by Crippen LogP contribution is 2.21. The third-order valence-corrected chi connectivity index (χ3v) is 2.61. The van der Waals surface area contributed by atoms with E-state index in [0.717, 1.165) is 17.7 Å². The van der Waals surface area contributed by atoms with Gasteiger partial charge in [0.15, 0.2) is 0 Å². The molecule has 0 saturated heterocycles. The van der Waals surface area contributed by atoms with Crippen LogP contribution >= 0.6 is 0 Å². The van der Waals surface area contributed by atoms with Gasteiger partial charge in [0.05, 0.1) is 0 Å². The quantitative estimate of drug-likeness (QED) is 0.873. The number of hydrogen-bond acceptors (Lipinski definition) is 2. The lowest BCUT2D eigenvalue weighted by Crippen LogP contribution is -2.12. The summed E-state index contributed by atoms with van der Waals surface area (Å²) in [5.41, 5.74) is 2.69. The maximum atomic E-state index is 13.6. The molecule has 1 N–H and O–H groups in total. The van der Waals surface area contributed by atoms with Gasteiger partial charge in [0, 0.05) is 30.1 Å². The summed E-state index contributed by atoms with van der Waals surface area (Å²) in [6.07, 6.45) is 3.51. The van der Waals surface area contributed by atoms with Crippen LogP contribution in [-0.4, -0.2) is 11.5 Å². The molecule has 0 bridgehead atoms. The zero-order valence-electron chi connectivity index (χ0n) is 9.78. The van der Waals surface area contributed by atoms with Crippen molar-refractivity contribution in [2.45, 2.75) is 13.5 Å². The van der Waals surface area contributed by atoms with Crippen LogP contribution < -0.4 is 5.32 Å². The number of aromatic nitrogens is 1. The molecule has 1 aromatic heterocycles. The third-order valence-electron chi connectivity index (χ3n) is 2.61. The van der Waals surface area contributed by atoms with Gasteiger partial charge in [-0.2, -0.15) is 0 Å². The van der Waals surface area contributed by atoms with E-state index < -0.39 is 0 Å². The molecule has 0 amide bonds. The van der Waals surface area contributed by atoms with E-state index in [-0.39, 0.29) is 5.82 Å². The normalized spacial score (nSPS) is 10.5. The van der Waals surface area contributed by atoms with Crippen molar-refractivity contribution in [2.75, 3.05) is 6.54 Å². The lowest BCUT2D eigenvalue weighted by Gasteiger charge is -2.07. The van der Waals surface area contributed by atoms with Gasteiger partial charge in [-0.15, -0.1) is 0 Å². The first-order valence-electron chi connectivity index (χ1n) is 5.71. The highest BCUT2D eigenvalue weighted by atomic mass is 19.1. The number of hydrogen-bond donors (Lipinski definition) is 1. The van der Waals surface area contributed by atoms with Crippen LogP contribution in [0.25, 0.3) is 11.1 Å². The highest BCUT2D eigenvalue weighted by molar-refractivity contribution is 5.63. The predicted octanol–water partition coefficient (Wildman–Crippen LogP) is 3.00. The second-order valence-electron chi connectivity index (χ2n) is 3.83. The van der Waals surface area contributed by atoms with E-state index >= 15 is 0 Å². The maximum absolute atomic E-state index is 13.6. The molecule has 0 spiro atoms. The minimum absolute atomic E-state index is 0.168. The Morgan fingerprint density at radius 1 is 1.24 bits per heavy atom. The van der Waals surface area contributed by atoms with Crippen LogP contribution in [0.4, 0.5) is 4.39 Å². The Morgan fingerprint density at radius 3 is 2.82 bits per heavy atom. The fraction of sp³-hybridized carbons (Fsp3) is 0.214. The lowest BCUT2D eigenvalue weighted by atomic mass is 10.0. The van der Waals surface area contributed by atoms with Crippen molar-refractivity contribution in [1.82, 2.24) is 10.3 Å². The van der Waals surface area contributed by atoms with Crippen LogP contribution in [0.2, 0.25) is 0 Å². The van der Waals surface area contributed by atoms with Crippen LogP contribution in [0.15, 0.2) is 42.7 Å². The van der Waals surface area contributed by atoms with Crippen molar-refractivity contribution in [3.05, 3.63) is 54.1 Å². The van der Waals surface area contributed by atoms with Crippen molar-refractivity contribution >= 4 is 0 Å². The van der Waals surface area contributed by atoms with Crippen molar-refractivity contribution < 1.29 is 4.39 Å².